The minimum Gasteiger partial charge on any atom is -0.462 e. The molecule has 0 fully saturated rings. The second kappa shape index (κ2) is 4.42. The predicted octanol–water partition coefficient (Wildman–Crippen LogP) is 2.96. The number of carbonyl (C=O) groups excluding carboxylic acids is 1. The lowest BCUT2D eigenvalue weighted by Gasteiger charge is -2.07. The van der Waals surface area contributed by atoms with E-state index < -0.39 is 11.8 Å². The molecule has 4 heteroatoms. The van der Waals surface area contributed by atoms with E-state index in [1.54, 1.807) is 13.8 Å². The molecule has 0 aliphatic carbocycles. The Bertz CT molecular complexity index is 363. The van der Waals surface area contributed by atoms with Gasteiger partial charge < -0.3 is 4.74 Å². The van der Waals surface area contributed by atoms with Crippen molar-refractivity contribution >= 4 is 17.6 Å². The largest absolute Gasteiger partial charge is 0.462 e. The van der Waals surface area contributed by atoms with Gasteiger partial charge in [-0.2, -0.15) is 0 Å². The van der Waals surface area contributed by atoms with Crippen molar-refractivity contribution in [3.63, 3.8) is 0 Å². The van der Waals surface area contributed by atoms with Crippen LogP contribution in [0.5, 0.6) is 0 Å². The van der Waals surface area contributed by atoms with Gasteiger partial charge in [0.05, 0.1) is 12.2 Å². The van der Waals surface area contributed by atoms with E-state index in [0.717, 1.165) is 6.07 Å². The van der Waals surface area contributed by atoms with Crippen molar-refractivity contribution in [3.8, 4) is 0 Å². The van der Waals surface area contributed by atoms with E-state index in [-0.39, 0.29) is 12.2 Å². The molecule has 0 aliphatic rings. The molecule has 14 heavy (non-hydrogen) atoms. The fraction of sp³-hybridized carbons (Fsp3) is 0.300. The topological polar surface area (TPSA) is 26.3 Å². The zero-order chi connectivity index (χ0) is 10.7. The van der Waals surface area contributed by atoms with Gasteiger partial charge in [0, 0.05) is 5.02 Å². The summed E-state index contributed by atoms with van der Waals surface area (Å²) >= 11 is 5.76. The summed E-state index contributed by atoms with van der Waals surface area (Å²) in [7, 11) is 0. The number of hydrogen-bond donors (Lipinski definition) is 0. The average Bonchev–Trinajstić information content (AvgIpc) is 2.13. The Morgan fingerprint density at radius 2 is 2.21 bits per heavy atom. The molecule has 0 radical (unpaired) electrons. The van der Waals surface area contributed by atoms with E-state index in [1.165, 1.54) is 6.07 Å². The third-order valence-corrected chi connectivity index (χ3v) is 2.24. The summed E-state index contributed by atoms with van der Waals surface area (Å²) in [4.78, 5) is 11.3. The van der Waals surface area contributed by atoms with Crippen LogP contribution in [-0.4, -0.2) is 12.6 Å². The molecule has 0 aromatic heterocycles. The number of halogens is 2. The zero-order valence-corrected chi connectivity index (χ0v) is 8.69. The number of rotatable bonds is 2. The van der Waals surface area contributed by atoms with Gasteiger partial charge in [-0.05, 0) is 31.5 Å². The molecule has 76 valence electrons. The third kappa shape index (κ3) is 2.04. The summed E-state index contributed by atoms with van der Waals surface area (Å²) < 4.78 is 18.0. The lowest BCUT2D eigenvalue weighted by molar-refractivity contribution is 0.0520. The van der Waals surface area contributed by atoms with Gasteiger partial charge in [-0.25, -0.2) is 9.18 Å². The van der Waals surface area contributed by atoms with Crippen LogP contribution in [0.3, 0.4) is 0 Å². The van der Waals surface area contributed by atoms with Gasteiger partial charge in [0.2, 0.25) is 0 Å². The van der Waals surface area contributed by atoms with Crippen molar-refractivity contribution in [1.29, 1.82) is 0 Å². The molecule has 0 spiro atoms. The van der Waals surface area contributed by atoms with Gasteiger partial charge in [-0.15, -0.1) is 0 Å². The second-order valence-corrected chi connectivity index (χ2v) is 3.16. The highest BCUT2D eigenvalue weighted by Crippen LogP contribution is 2.22. The zero-order valence-electron chi connectivity index (χ0n) is 7.93. The second-order valence-electron chi connectivity index (χ2n) is 2.75. The number of ether oxygens (including phenoxy) is 1. The molecule has 1 aromatic carbocycles. The van der Waals surface area contributed by atoms with Gasteiger partial charge in [-0.3, -0.25) is 0 Å². The van der Waals surface area contributed by atoms with Crippen LogP contribution in [0, 0.1) is 12.7 Å². The lowest BCUT2D eigenvalue weighted by Crippen LogP contribution is -2.09. The van der Waals surface area contributed by atoms with Crippen LogP contribution in [0.1, 0.15) is 22.8 Å². The Morgan fingerprint density at radius 1 is 1.57 bits per heavy atom. The molecule has 0 saturated carbocycles. The first-order valence-electron chi connectivity index (χ1n) is 4.19. The SMILES string of the molecule is CCOC(=O)c1c(F)ccc(Cl)c1C. The highest BCUT2D eigenvalue weighted by molar-refractivity contribution is 6.31. The normalized spacial score (nSPS) is 10.0. The third-order valence-electron chi connectivity index (χ3n) is 1.83. The van der Waals surface area contributed by atoms with Gasteiger partial charge in [-0.1, -0.05) is 11.6 Å². The van der Waals surface area contributed by atoms with Crippen molar-refractivity contribution in [3.05, 3.63) is 34.1 Å². The Morgan fingerprint density at radius 3 is 2.79 bits per heavy atom. The van der Waals surface area contributed by atoms with E-state index in [1.807, 2.05) is 0 Å². The summed E-state index contributed by atoms with van der Waals surface area (Å²) in [6.07, 6.45) is 0. The molecule has 0 aliphatic heterocycles. The Balaban J connectivity index is 3.18. The first kappa shape index (κ1) is 11.0. The fourth-order valence-corrected chi connectivity index (χ4v) is 1.26. The molecule has 0 atom stereocenters. The van der Waals surface area contributed by atoms with Crippen molar-refractivity contribution in [2.24, 2.45) is 0 Å². The Labute approximate surface area is 86.6 Å². The van der Waals surface area contributed by atoms with Crippen LogP contribution in [0.15, 0.2) is 12.1 Å². The standard InChI is InChI=1S/C10H10ClFO2/c1-3-14-10(13)9-6(2)7(11)4-5-8(9)12/h4-5H,3H2,1-2H3. The summed E-state index contributed by atoms with van der Waals surface area (Å²) in [5, 5.41) is 0.356. The highest BCUT2D eigenvalue weighted by Gasteiger charge is 2.17. The quantitative estimate of drug-likeness (QED) is 0.711. The van der Waals surface area contributed by atoms with E-state index in [0.29, 0.717) is 10.6 Å². The Hall–Kier alpha value is -1.09. The molecule has 0 saturated heterocycles. The first-order chi connectivity index (χ1) is 6.57. The molecule has 1 aromatic rings. The summed E-state index contributed by atoms with van der Waals surface area (Å²) in [6, 6.07) is 2.57. The maximum Gasteiger partial charge on any atom is 0.341 e. The number of hydrogen-bond acceptors (Lipinski definition) is 2. The summed E-state index contributed by atoms with van der Waals surface area (Å²) in [6.45, 7) is 3.46. The minimum atomic E-state index is -0.676. The van der Waals surface area contributed by atoms with Crippen molar-refractivity contribution in [1.82, 2.24) is 0 Å². The van der Waals surface area contributed by atoms with Gasteiger partial charge in [0.25, 0.3) is 0 Å². The van der Waals surface area contributed by atoms with Crippen LogP contribution in [0.25, 0.3) is 0 Å². The molecule has 0 N–H and O–H groups in total. The smallest absolute Gasteiger partial charge is 0.341 e. The number of benzene rings is 1. The molecular formula is C10H10ClFO2. The monoisotopic (exact) mass is 216 g/mol. The van der Waals surface area contributed by atoms with Crippen LogP contribution in [0.2, 0.25) is 5.02 Å². The molecule has 0 unspecified atom stereocenters. The van der Waals surface area contributed by atoms with E-state index >= 15 is 0 Å². The van der Waals surface area contributed by atoms with Crippen LogP contribution in [0.4, 0.5) is 4.39 Å². The predicted molar refractivity (Wildman–Crippen MR) is 52.1 cm³/mol. The number of esters is 1. The number of carbonyl (C=O) groups is 1. The maximum atomic E-state index is 13.2. The summed E-state index contributed by atoms with van der Waals surface area (Å²) in [5.74, 6) is -1.28. The van der Waals surface area contributed by atoms with Crippen molar-refractivity contribution < 1.29 is 13.9 Å². The molecule has 0 heterocycles. The lowest BCUT2D eigenvalue weighted by atomic mass is 10.1. The maximum absolute atomic E-state index is 13.2. The average molecular weight is 217 g/mol. The molecule has 2 nitrogen and oxygen atoms in total. The van der Waals surface area contributed by atoms with Gasteiger partial charge >= 0.3 is 5.97 Å². The first-order valence-corrected chi connectivity index (χ1v) is 4.57. The molecule has 1 rings (SSSR count). The highest BCUT2D eigenvalue weighted by atomic mass is 35.5. The van der Waals surface area contributed by atoms with E-state index in [4.69, 9.17) is 16.3 Å². The Kier molecular flexibility index (Phi) is 3.47. The van der Waals surface area contributed by atoms with Crippen molar-refractivity contribution in [2.45, 2.75) is 13.8 Å². The van der Waals surface area contributed by atoms with Crippen LogP contribution < -0.4 is 0 Å². The van der Waals surface area contributed by atoms with Gasteiger partial charge in [0.1, 0.15) is 5.82 Å². The molecular weight excluding hydrogens is 207 g/mol. The van der Waals surface area contributed by atoms with Crippen LogP contribution in [-0.2, 0) is 4.74 Å². The van der Waals surface area contributed by atoms with Crippen molar-refractivity contribution in [2.75, 3.05) is 6.61 Å². The van der Waals surface area contributed by atoms with E-state index in [2.05, 4.69) is 0 Å². The fourth-order valence-electron chi connectivity index (χ4n) is 1.11. The minimum absolute atomic E-state index is 0.0839. The van der Waals surface area contributed by atoms with E-state index in [9.17, 15) is 9.18 Å². The summed E-state index contributed by atoms with van der Waals surface area (Å²) in [5.41, 5.74) is 0.324. The molecule has 0 amide bonds. The van der Waals surface area contributed by atoms with Gasteiger partial charge in [0.15, 0.2) is 0 Å². The molecule has 0 bridgehead atoms. The van der Waals surface area contributed by atoms with Crippen LogP contribution >= 0.6 is 11.6 Å².